The number of hydrogen-bond acceptors (Lipinski definition) is 4. The van der Waals surface area contributed by atoms with Gasteiger partial charge in [-0.1, -0.05) is 17.8 Å². The Labute approximate surface area is 129 Å². The third kappa shape index (κ3) is 2.27. The van der Waals surface area contributed by atoms with Crippen LogP contribution in [0.2, 0.25) is 0 Å². The van der Waals surface area contributed by atoms with E-state index in [2.05, 4.69) is 10.2 Å². The molecule has 1 aromatic carbocycles. The van der Waals surface area contributed by atoms with E-state index >= 15 is 0 Å². The topological polar surface area (TPSA) is 52.2 Å². The monoisotopic (exact) mass is 324 g/mol. The summed E-state index contributed by atoms with van der Waals surface area (Å²) in [7, 11) is 0. The first-order chi connectivity index (χ1) is 10.5. The summed E-state index contributed by atoms with van der Waals surface area (Å²) in [4.78, 5) is 12.6. The maximum absolute atomic E-state index is 14.2. The number of hydrogen-bond donors (Lipinski definition) is 0. The van der Waals surface area contributed by atoms with Crippen LogP contribution in [0.25, 0.3) is 16.7 Å². The molecule has 8 heteroatoms. The number of alkyl halides is 1. The Morgan fingerprint density at radius 1 is 1.36 bits per heavy atom. The average molecular weight is 324 g/mol. The molecule has 0 amide bonds. The van der Waals surface area contributed by atoms with Crippen LogP contribution in [0.5, 0.6) is 0 Å². The molecule has 0 N–H and O–H groups in total. The molecule has 0 saturated carbocycles. The number of para-hydroxylation sites is 1. The molecule has 0 bridgehead atoms. The van der Waals surface area contributed by atoms with E-state index in [0.717, 1.165) is 0 Å². The summed E-state index contributed by atoms with van der Waals surface area (Å²) < 4.78 is 30.3. The molecule has 2 heterocycles. The van der Waals surface area contributed by atoms with Crippen LogP contribution in [-0.4, -0.2) is 31.6 Å². The molecular weight excluding hydrogens is 310 g/mol. The average Bonchev–Trinajstić information content (AvgIpc) is 2.90. The Morgan fingerprint density at radius 2 is 2.14 bits per heavy atom. The second-order valence-corrected chi connectivity index (χ2v) is 5.76. The molecule has 22 heavy (non-hydrogen) atoms. The van der Waals surface area contributed by atoms with Gasteiger partial charge < -0.3 is 0 Å². The fourth-order valence-electron chi connectivity index (χ4n) is 2.42. The van der Waals surface area contributed by atoms with Gasteiger partial charge in [-0.2, -0.15) is 0 Å². The maximum atomic E-state index is 14.2. The first-order valence-electron chi connectivity index (χ1n) is 6.78. The van der Waals surface area contributed by atoms with Crippen LogP contribution in [0.15, 0.2) is 28.2 Å². The second-order valence-electron chi connectivity index (χ2n) is 4.98. The molecule has 3 rings (SSSR count). The minimum atomic E-state index is -1.04. The summed E-state index contributed by atoms with van der Waals surface area (Å²) in [6.07, 6.45) is 0.929. The van der Waals surface area contributed by atoms with Crippen molar-refractivity contribution in [2.75, 3.05) is 6.26 Å². The van der Waals surface area contributed by atoms with Crippen LogP contribution >= 0.6 is 11.8 Å². The van der Waals surface area contributed by atoms with Crippen LogP contribution in [-0.2, 0) is 6.54 Å². The molecule has 3 aromatic rings. The molecule has 5 nitrogen and oxygen atoms in total. The van der Waals surface area contributed by atoms with E-state index in [4.69, 9.17) is 0 Å². The molecule has 0 radical (unpaired) electrons. The van der Waals surface area contributed by atoms with E-state index in [1.807, 2.05) is 0 Å². The smallest absolute Gasteiger partial charge is 0.262 e. The van der Waals surface area contributed by atoms with E-state index in [1.165, 1.54) is 39.8 Å². The number of benzene rings is 1. The van der Waals surface area contributed by atoms with Crippen molar-refractivity contribution in [3.05, 3.63) is 34.4 Å². The van der Waals surface area contributed by atoms with Gasteiger partial charge >= 0.3 is 0 Å². The lowest BCUT2D eigenvalue weighted by Crippen LogP contribution is -2.25. The Hall–Kier alpha value is -1.96. The van der Waals surface area contributed by atoms with Gasteiger partial charge in [-0.15, -0.1) is 10.2 Å². The summed E-state index contributed by atoms with van der Waals surface area (Å²) in [5.74, 6) is -0.284. The van der Waals surface area contributed by atoms with Gasteiger partial charge in [0.25, 0.3) is 5.56 Å². The highest BCUT2D eigenvalue weighted by Crippen LogP contribution is 2.22. The van der Waals surface area contributed by atoms with Crippen LogP contribution < -0.4 is 5.56 Å². The number of rotatable bonds is 4. The number of aryl methyl sites for hydroxylation is 1. The zero-order valence-corrected chi connectivity index (χ0v) is 12.9. The quantitative estimate of drug-likeness (QED) is 0.692. The normalized spacial score (nSPS) is 13.1. The van der Waals surface area contributed by atoms with Crippen molar-refractivity contribution in [2.24, 2.45) is 0 Å². The Bertz CT molecular complexity index is 903. The molecule has 1 unspecified atom stereocenters. The number of halogens is 2. The molecular formula is C14H14F2N4OS. The summed E-state index contributed by atoms with van der Waals surface area (Å²) in [6.45, 7) is 1.60. The van der Waals surface area contributed by atoms with Crippen molar-refractivity contribution in [3.63, 3.8) is 0 Å². The van der Waals surface area contributed by atoms with Crippen molar-refractivity contribution in [3.8, 4) is 0 Å². The van der Waals surface area contributed by atoms with Gasteiger partial charge in [0, 0.05) is 6.54 Å². The summed E-state index contributed by atoms with van der Waals surface area (Å²) in [5.41, 5.74) is -0.232. The van der Waals surface area contributed by atoms with Crippen LogP contribution in [0.1, 0.15) is 13.3 Å². The van der Waals surface area contributed by atoms with E-state index in [1.54, 1.807) is 12.3 Å². The number of fused-ring (bicyclic) bond motifs is 3. The van der Waals surface area contributed by atoms with Gasteiger partial charge in [-0.3, -0.25) is 13.8 Å². The molecule has 0 saturated heterocycles. The van der Waals surface area contributed by atoms with Crippen molar-refractivity contribution in [1.29, 1.82) is 0 Å². The molecule has 116 valence electrons. The zero-order chi connectivity index (χ0) is 15.9. The summed E-state index contributed by atoms with van der Waals surface area (Å²) in [6, 6.07) is 4.33. The maximum Gasteiger partial charge on any atom is 0.262 e. The predicted octanol–water partition coefficient (Wildman–Crippen LogP) is 2.65. The highest BCUT2D eigenvalue weighted by Gasteiger charge is 2.18. The zero-order valence-electron chi connectivity index (χ0n) is 12.1. The molecule has 0 aliphatic carbocycles. The van der Waals surface area contributed by atoms with E-state index in [-0.39, 0.29) is 35.2 Å². The minimum absolute atomic E-state index is 0.154. The Balaban J connectivity index is 2.42. The molecule has 1 atom stereocenters. The van der Waals surface area contributed by atoms with Gasteiger partial charge in [-0.05, 0) is 31.7 Å². The second kappa shape index (κ2) is 5.68. The van der Waals surface area contributed by atoms with Gasteiger partial charge in [-0.25, -0.2) is 8.78 Å². The van der Waals surface area contributed by atoms with Gasteiger partial charge in [0.1, 0.15) is 5.82 Å². The third-order valence-electron chi connectivity index (χ3n) is 3.48. The Kier molecular flexibility index (Phi) is 3.86. The fraction of sp³-hybridized carbons (Fsp3) is 0.357. The molecule has 0 fully saturated rings. The molecule has 0 aliphatic rings. The molecule has 0 spiro atoms. The van der Waals surface area contributed by atoms with Gasteiger partial charge in [0.2, 0.25) is 5.78 Å². The Morgan fingerprint density at radius 3 is 2.82 bits per heavy atom. The largest absolute Gasteiger partial charge is 0.276 e. The van der Waals surface area contributed by atoms with Crippen molar-refractivity contribution < 1.29 is 8.78 Å². The lowest BCUT2D eigenvalue weighted by Gasteiger charge is -2.11. The van der Waals surface area contributed by atoms with Crippen LogP contribution in [0.4, 0.5) is 8.78 Å². The van der Waals surface area contributed by atoms with Crippen LogP contribution in [0, 0.1) is 5.82 Å². The highest BCUT2D eigenvalue weighted by atomic mass is 32.2. The van der Waals surface area contributed by atoms with Crippen molar-refractivity contribution >= 4 is 28.4 Å². The highest BCUT2D eigenvalue weighted by molar-refractivity contribution is 7.98. The van der Waals surface area contributed by atoms with Crippen molar-refractivity contribution in [2.45, 2.75) is 31.2 Å². The SMILES string of the molecule is CSc1nnc2n(CCC(C)F)c(=O)c3cccc(F)c3n12. The lowest BCUT2D eigenvalue weighted by molar-refractivity contribution is 0.325. The number of thioether (sulfide) groups is 1. The van der Waals surface area contributed by atoms with E-state index in [9.17, 15) is 13.6 Å². The first kappa shape index (κ1) is 15.0. The van der Waals surface area contributed by atoms with E-state index < -0.39 is 12.0 Å². The van der Waals surface area contributed by atoms with Crippen molar-refractivity contribution in [1.82, 2.24) is 19.2 Å². The fourth-order valence-corrected chi connectivity index (χ4v) is 2.90. The minimum Gasteiger partial charge on any atom is -0.276 e. The van der Waals surface area contributed by atoms with Gasteiger partial charge in [0.05, 0.1) is 17.1 Å². The first-order valence-corrected chi connectivity index (χ1v) is 8.01. The van der Waals surface area contributed by atoms with Gasteiger partial charge in [0.15, 0.2) is 5.16 Å². The lowest BCUT2D eigenvalue weighted by atomic mass is 10.2. The predicted molar refractivity (Wildman–Crippen MR) is 81.7 cm³/mol. The summed E-state index contributed by atoms with van der Waals surface area (Å²) in [5, 5.41) is 8.68. The summed E-state index contributed by atoms with van der Waals surface area (Å²) >= 11 is 1.30. The van der Waals surface area contributed by atoms with Crippen LogP contribution in [0.3, 0.4) is 0 Å². The third-order valence-corrected chi connectivity index (χ3v) is 4.11. The number of aromatic nitrogens is 4. The standard InChI is InChI=1S/C14H14F2N4OS/c1-8(15)6-7-19-12(21)9-4-3-5-10(16)11(9)20-13(19)17-18-14(20)22-2/h3-5,8H,6-7H2,1-2H3. The molecule has 2 aromatic heterocycles. The number of nitrogens with zero attached hydrogens (tertiary/aromatic N) is 4. The van der Waals surface area contributed by atoms with E-state index in [0.29, 0.717) is 5.16 Å². The molecule has 0 aliphatic heterocycles.